The zero-order valence-corrected chi connectivity index (χ0v) is 7.75. The van der Waals surface area contributed by atoms with Crippen molar-refractivity contribution < 1.29 is 9.53 Å². The van der Waals surface area contributed by atoms with Gasteiger partial charge in [0.2, 0.25) is 0 Å². The van der Waals surface area contributed by atoms with Crippen molar-refractivity contribution in [2.24, 2.45) is 0 Å². The predicted molar refractivity (Wildman–Crippen MR) is 50.2 cm³/mol. The van der Waals surface area contributed by atoms with Crippen LogP contribution in [0.25, 0.3) is 0 Å². The normalized spacial score (nSPS) is 9.62. The number of carbonyl (C=O) groups excluding carboxylic acids is 1. The van der Waals surface area contributed by atoms with Crippen LogP contribution >= 0.6 is 0 Å². The molecule has 2 heteroatoms. The first kappa shape index (κ1) is 9.78. The number of benzene rings is 1. The fourth-order valence-corrected chi connectivity index (χ4v) is 1.08. The van der Waals surface area contributed by atoms with E-state index < -0.39 is 0 Å². The average Bonchev–Trinajstić information content (AvgIpc) is 2.14. The molecule has 69 valence electrons. The molecule has 0 aliphatic heterocycles. The molecular weight excluding hydrogens is 164 g/mol. The van der Waals surface area contributed by atoms with E-state index in [1.165, 1.54) is 12.5 Å². The Morgan fingerprint density at radius 3 is 2.77 bits per heavy atom. The third kappa shape index (κ3) is 4.31. The van der Waals surface area contributed by atoms with Gasteiger partial charge in [0.05, 0.1) is 6.61 Å². The van der Waals surface area contributed by atoms with Gasteiger partial charge in [-0.05, 0) is 24.5 Å². The van der Waals surface area contributed by atoms with Crippen LogP contribution < -0.4 is 0 Å². The smallest absolute Gasteiger partial charge is 0.302 e. The molecule has 1 aromatic rings. The molecule has 0 fully saturated rings. The Morgan fingerprint density at radius 2 is 2.15 bits per heavy atom. The van der Waals surface area contributed by atoms with Gasteiger partial charge < -0.3 is 4.74 Å². The van der Waals surface area contributed by atoms with Gasteiger partial charge in [-0.3, -0.25) is 4.79 Å². The largest absolute Gasteiger partial charge is 0.466 e. The lowest BCUT2D eigenvalue weighted by Gasteiger charge is -2.01. The van der Waals surface area contributed by atoms with E-state index in [1.54, 1.807) is 0 Å². The highest BCUT2D eigenvalue weighted by atomic mass is 16.5. The molecule has 0 unspecified atom stereocenters. The van der Waals surface area contributed by atoms with Crippen molar-refractivity contribution in [1.29, 1.82) is 0 Å². The molecule has 0 saturated heterocycles. The van der Waals surface area contributed by atoms with Crippen LogP contribution in [-0.2, 0) is 16.0 Å². The maximum Gasteiger partial charge on any atom is 0.302 e. The van der Waals surface area contributed by atoms with Crippen molar-refractivity contribution in [3.63, 3.8) is 0 Å². The van der Waals surface area contributed by atoms with E-state index in [-0.39, 0.29) is 5.97 Å². The van der Waals surface area contributed by atoms with Crippen molar-refractivity contribution in [3.8, 4) is 0 Å². The molecule has 0 aliphatic carbocycles. The Labute approximate surface area is 78.5 Å². The Hall–Kier alpha value is -1.31. The first-order valence-corrected chi connectivity index (χ1v) is 4.37. The fraction of sp³-hybridized carbons (Fsp3) is 0.364. The van der Waals surface area contributed by atoms with E-state index in [0.717, 1.165) is 12.8 Å². The number of ether oxygens (including phenoxy) is 1. The van der Waals surface area contributed by atoms with E-state index >= 15 is 0 Å². The van der Waals surface area contributed by atoms with Gasteiger partial charge in [-0.15, -0.1) is 0 Å². The second-order valence-electron chi connectivity index (χ2n) is 2.85. The summed E-state index contributed by atoms with van der Waals surface area (Å²) in [7, 11) is 0. The number of hydrogen-bond acceptors (Lipinski definition) is 2. The van der Waals surface area contributed by atoms with Crippen LogP contribution in [0, 0.1) is 6.07 Å². The Balaban J connectivity index is 2.17. The number of carbonyl (C=O) groups is 1. The van der Waals surface area contributed by atoms with Crippen LogP contribution in [0.15, 0.2) is 24.3 Å². The average molecular weight is 177 g/mol. The lowest BCUT2D eigenvalue weighted by molar-refractivity contribution is -0.141. The summed E-state index contributed by atoms with van der Waals surface area (Å²) in [4.78, 5) is 10.4. The summed E-state index contributed by atoms with van der Waals surface area (Å²) >= 11 is 0. The Bertz CT molecular complexity index is 254. The monoisotopic (exact) mass is 177 g/mol. The van der Waals surface area contributed by atoms with Crippen LogP contribution in [-0.4, -0.2) is 12.6 Å². The van der Waals surface area contributed by atoms with Crippen molar-refractivity contribution in [2.45, 2.75) is 19.8 Å². The lowest BCUT2D eigenvalue weighted by Crippen LogP contribution is -2.01. The zero-order chi connectivity index (χ0) is 9.52. The molecule has 1 rings (SSSR count). The van der Waals surface area contributed by atoms with E-state index in [1.807, 2.05) is 24.3 Å². The molecule has 1 aromatic carbocycles. The first-order valence-electron chi connectivity index (χ1n) is 4.37. The minimum absolute atomic E-state index is 0.207. The van der Waals surface area contributed by atoms with Gasteiger partial charge in [-0.25, -0.2) is 0 Å². The van der Waals surface area contributed by atoms with Crippen molar-refractivity contribution in [1.82, 2.24) is 0 Å². The predicted octanol–water partition coefficient (Wildman–Crippen LogP) is 1.98. The zero-order valence-electron chi connectivity index (χ0n) is 7.75. The molecule has 0 bridgehead atoms. The quantitative estimate of drug-likeness (QED) is 0.519. The van der Waals surface area contributed by atoms with Crippen LogP contribution in [0.2, 0.25) is 0 Å². The number of esters is 1. The number of rotatable bonds is 4. The van der Waals surface area contributed by atoms with Crippen LogP contribution in [0.1, 0.15) is 18.9 Å². The van der Waals surface area contributed by atoms with E-state index in [0.29, 0.717) is 6.61 Å². The molecule has 0 N–H and O–H groups in total. The summed E-state index contributed by atoms with van der Waals surface area (Å²) in [5.74, 6) is -0.207. The van der Waals surface area contributed by atoms with Crippen molar-refractivity contribution >= 4 is 5.97 Å². The molecule has 0 aliphatic rings. The van der Waals surface area contributed by atoms with Gasteiger partial charge in [-0.1, -0.05) is 24.3 Å². The van der Waals surface area contributed by atoms with Gasteiger partial charge in [0, 0.05) is 6.92 Å². The molecule has 1 radical (unpaired) electrons. The third-order valence-electron chi connectivity index (χ3n) is 1.70. The summed E-state index contributed by atoms with van der Waals surface area (Å²) < 4.78 is 4.82. The van der Waals surface area contributed by atoms with Crippen LogP contribution in [0.4, 0.5) is 0 Å². The molecule has 0 atom stereocenters. The van der Waals surface area contributed by atoms with Gasteiger partial charge in [0.25, 0.3) is 0 Å². The Morgan fingerprint density at radius 1 is 1.46 bits per heavy atom. The number of aryl methyl sites for hydroxylation is 1. The third-order valence-corrected chi connectivity index (χ3v) is 1.70. The molecular formula is C11H13O2. The van der Waals surface area contributed by atoms with Gasteiger partial charge in [0.15, 0.2) is 0 Å². The summed E-state index contributed by atoms with van der Waals surface area (Å²) in [6, 6.07) is 10.8. The van der Waals surface area contributed by atoms with E-state index in [4.69, 9.17) is 4.74 Å². The molecule has 13 heavy (non-hydrogen) atoms. The summed E-state index contributed by atoms with van der Waals surface area (Å²) in [5.41, 5.74) is 1.26. The van der Waals surface area contributed by atoms with Crippen molar-refractivity contribution in [3.05, 3.63) is 35.9 Å². The highest BCUT2D eigenvalue weighted by Crippen LogP contribution is 2.01. The second-order valence-corrected chi connectivity index (χ2v) is 2.85. The second kappa shape index (κ2) is 5.36. The van der Waals surface area contributed by atoms with E-state index in [9.17, 15) is 4.79 Å². The van der Waals surface area contributed by atoms with Crippen molar-refractivity contribution in [2.75, 3.05) is 6.61 Å². The maximum atomic E-state index is 10.4. The lowest BCUT2D eigenvalue weighted by atomic mass is 10.1. The highest BCUT2D eigenvalue weighted by molar-refractivity contribution is 5.65. The Kier molecular flexibility index (Phi) is 4.03. The summed E-state index contributed by atoms with van der Waals surface area (Å²) in [5, 5.41) is 0. The molecule has 0 spiro atoms. The fourth-order valence-electron chi connectivity index (χ4n) is 1.08. The SMILES string of the molecule is CC(=O)OCCCc1cc[c]cc1. The highest BCUT2D eigenvalue weighted by Gasteiger charge is 1.94. The van der Waals surface area contributed by atoms with Gasteiger partial charge in [-0.2, -0.15) is 0 Å². The topological polar surface area (TPSA) is 26.3 Å². The minimum Gasteiger partial charge on any atom is -0.466 e. The molecule has 0 aromatic heterocycles. The summed E-state index contributed by atoms with van der Waals surface area (Å²) in [6.07, 6.45) is 1.82. The standard InChI is InChI=1S/C11H13O2/c1-10(12)13-9-5-8-11-6-3-2-4-7-11/h3-4,6-7H,5,8-9H2,1H3. The molecule has 0 amide bonds. The molecule has 0 saturated carbocycles. The van der Waals surface area contributed by atoms with Gasteiger partial charge in [0.1, 0.15) is 0 Å². The maximum absolute atomic E-state index is 10.4. The van der Waals surface area contributed by atoms with Crippen LogP contribution in [0.3, 0.4) is 0 Å². The van der Waals surface area contributed by atoms with E-state index in [2.05, 4.69) is 6.07 Å². The first-order chi connectivity index (χ1) is 6.29. The molecule has 0 heterocycles. The number of hydrogen-bond donors (Lipinski definition) is 0. The van der Waals surface area contributed by atoms with Gasteiger partial charge >= 0.3 is 5.97 Å². The summed E-state index contributed by atoms with van der Waals surface area (Å²) in [6.45, 7) is 1.94. The van der Waals surface area contributed by atoms with Crippen LogP contribution in [0.5, 0.6) is 0 Å². The molecule has 2 nitrogen and oxygen atoms in total. The minimum atomic E-state index is -0.207.